The first kappa shape index (κ1) is 23.2. The Morgan fingerprint density at radius 2 is 2.03 bits per heavy atom. The first-order valence-corrected chi connectivity index (χ1v) is 11.3. The molecule has 9 heteroatoms. The fourth-order valence-electron chi connectivity index (χ4n) is 3.32. The lowest BCUT2D eigenvalue weighted by Crippen LogP contribution is -2.44. The van der Waals surface area contributed by atoms with Crippen LogP contribution in [0.3, 0.4) is 0 Å². The van der Waals surface area contributed by atoms with E-state index < -0.39 is 23.7 Å². The Bertz CT molecular complexity index is 1100. The lowest BCUT2D eigenvalue weighted by molar-refractivity contribution is -0.150. The van der Waals surface area contributed by atoms with Gasteiger partial charge in [-0.25, -0.2) is 0 Å². The van der Waals surface area contributed by atoms with Gasteiger partial charge in [-0.3, -0.25) is 9.59 Å². The standard InChI is InChI=1S/C22H18BrClN2O4S/c1-29-17-8-7-12(9-15(17)23)18-14(10-25)21(26-20(27)19(18)22(28)30-2)31-11-13-5-3-4-6-16(13)24/h3-9,18-19H,11H2,1-2H3,(H,26,27)/t18-,19-/m0/s1. The van der Waals surface area contributed by atoms with Crippen LogP contribution in [-0.2, 0) is 20.1 Å². The maximum Gasteiger partial charge on any atom is 0.319 e. The van der Waals surface area contributed by atoms with Crippen molar-refractivity contribution >= 4 is 51.2 Å². The molecule has 1 heterocycles. The van der Waals surface area contributed by atoms with Crippen molar-refractivity contribution in [3.05, 3.63) is 73.7 Å². The summed E-state index contributed by atoms with van der Waals surface area (Å²) in [6.45, 7) is 0. The minimum Gasteiger partial charge on any atom is -0.496 e. The van der Waals surface area contributed by atoms with E-state index in [0.717, 1.165) is 5.56 Å². The second-order valence-electron chi connectivity index (χ2n) is 6.60. The SMILES string of the molecule is COC(=O)[C@@H]1C(=O)NC(SCc2ccccc2Cl)=C(C#N)[C@@H]1c1ccc(OC)c(Br)c1. The Labute approximate surface area is 197 Å². The van der Waals surface area contributed by atoms with E-state index in [9.17, 15) is 14.9 Å². The van der Waals surface area contributed by atoms with E-state index in [2.05, 4.69) is 27.3 Å². The van der Waals surface area contributed by atoms with Crippen molar-refractivity contribution < 1.29 is 19.1 Å². The van der Waals surface area contributed by atoms with Crippen LogP contribution in [0.1, 0.15) is 17.0 Å². The molecule has 0 unspecified atom stereocenters. The van der Waals surface area contributed by atoms with E-state index in [4.69, 9.17) is 21.1 Å². The van der Waals surface area contributed by atoms with Gasteiger partial charge in [0.25, 0.3) is 0 Å². The van der Waals surface area contributed by atoms with Gasteiger partial charge in [0.15, 0.2) is 0 Å². The third kappa shape index (κ3) is 4.90. The molecule has 160 valence electrons. The van der Waals surface area contributed by atoms with Gasteiger partial charge in [0, 0.05) is 16.7 Å². The van der Waals surface area contributed by atoms with Gasteiger partial charge in [-0.05, 0) is 45.3 Å². The second-order valence-corrected chi connectivity index (χ2v) is 8.84. The number of thioether (sulfide) groups is 1. The Morgan fingerprint density at radius 1 is 1.29 bits per heavy atom. The highest BCUT2D eigenvalue weighted by atomic mass is 79.9. The number of halogens is 2. The number of ether oxygens (including phenoxy) is 2. The molecule has 2 aromatic rings. The molecule has 3 rings (SSSR count). The van der Waals surface area contributed by atoms with Crippen LogP contribution in [0.4, 0.5) is 0 Å². The van der Waals surface area contributed by atoms with Crippen LogP contribution in [0.15, 0.2) is 57.5 Å². The monoisotopic (exact) mass is 520 g/mol. The van der Waals surface area contributed by atoms with E-state index in [-0.39, 0.29) is 5.57 Å². The van der Waals surface area contributed by atoms with E-state index in [0.29, 0.717) is 31.6 Å². The fraction of sp³-hybridized carbons (Fsp3) is 0.227. The highest BCUT2D eigenvalue weighted by Crippen LogP contribution is 2.42. The Hall–Kier alpha value is -2.47. The van der Waals surface area contributed by atoms with Crippen molar-refractivity contribution in [2.45, 2.75) is 11.7 Å². The molecule has 6 nitrogen and oxygen atoms in total. The molecule has 0 radical (unpaired) electrons. The number of benzene rings is 2. The molecule has 31 heavy (non-hydrogen) atoms. The quantitative estimate of drug-likeness (QED) is 0.435. The van der Waals surface area contributed by atoms with Gasteiger partial charge in [-0.15, -0.1) is 11.8 Å². The lowest BCUT2D eigenvalue weighted by Gasteiger charge is -2.31. The molecule has 1 N–H and O–H groups in total. The van der Waals surface area contributed by atoms with Crippen LogP contribution in [0.5, 0.6) is 5.75 Å². The minimum atomic E-state index is -1.19. The Balaban J connectivity index is 2.06. The summed E-state index contributed by atoms with van der Waals surface area (Å²) in [5, 5.41) is 13.7. The zero-order chi connectivity index (χ0) is 22.5. The number of allylic oxidation sites excluding steroid dienone is 1. The maximum absolute atomic E-state index is 12.9. The summed E-state index contributed by atoms with van der Waals surface area (Å²) in [7, 11) is 2.75. The molecule has 0 aliphatic carbocycles. The van der Waals surface area contributed by atoms with Crippen molar-refractivity contribution in [1.82, 2.24) is 5.32 Å². The number of amides is 1. The number of nitriles is 1. The van der Waals surface area contributed by atoms with Crippen molar-refractivity contribution in [3.8, 4) is 11.8 Å². The van der Waals surface area contributed by atoms with Crippen LogP contribution >= 0.6 is 39.3 Å². The highest BCUT2D eigenvalue weighted by molar-refractivity contribution is 9.10. The van der Waals surface area contributed by atoms with Crippen LogP contribution in [0.25, 0.3) is 0 Å². The molecular formula is C22H18BrClN2O4S. The molecule has 2 aromatic carbocycles. The second kappa shape index (κ2) is 10.2. The third-order valence-electron chi connectivity index (χ3n) is 4.85. The zero-order valence-corrected chi connectivity index (χ0v) is 19.8. The normalized spacial score (nSPS) is 18.2. The third-order valence-corrected chi connectivity index (χ3v) is 6.90. The first-order valence-electron chi connectivity index (χ1n) is 9.13. The average molecular weight is 522 g/mol. The topological polar surface area (TPSA) is 88.4 Å². The number of hydrogen-bond acceptors (Lipinski definition) is 6. The van der Waals surface area contributed by atoms with E-state index in [1.54, 1.807) is 24.3 Å². The molecule has 1 aliphatic rings. The number of esters is 1. The summed E-state index contributed by atoms with van der Waals surface area (Å²) in [5.74, 6) is -2.19. The van der Waals surface area contributed by atoms with Gasteiger partial charge in [0.2, 0.25) is 5.91 Å². The summed E-state index contributed by atoms with van der Waals surface area (Å²) in [6, 6.07) is 14.7. The van der Waals surface area contributed by atoms with Crippen LogP contribution in [0, 0.1) is 17.2 Å². The van der Waals surface area contributed by atoms with Gasteiger partial charge < -0.3 is 14.8 Å². The Morgan fingerprint density at radius 3 is 2.65 bits per heavy atom. The van der Waals surface area contributed by atoms with Gasteiger partial charge in [0.05, 0.1) is 35.4 Å². The van der Waals surface area contributed by atoms with Crippen LogP contribution < -0.4 is 10.1 Å². The van der Waals surface area contributed by atoms with Crippen molar-refractivity contribution in [2.75, 3.05) is 14.2 Å². The molecule has 2 atom stereocenters. The van der Waals surface area contributed by atoms with Gasteiger partial charge in [0.1, 0.15) is 11.7 Å². The van der Waals surface area contributed by atoms with Crippen molar-refractivity contribution in [2.24, 2.45) is 5.92 Å². The molecule has 1 amide bonds. The smallest absolute Gasteiger partial charge is 0.319 e. The molecule has 1 aliphatic heterocycles. The van der Waals surface area contributed by atoms with Gasteiger partial charge >= 0.3 is 5.97 Å². The number of rotatable bonds is 6. The van der Waals surface area contributed by atoms with Gasteiger partial charge in [-0.2, -0.15) is 5.26 Å². The highest BCUT2D eigenvalue weighted by Gasteiger charge is 2.44. The lowest BCUT2D eigenvalue weighted by atomic mass is 9.78. The molecule has 0 saturated heterocycles. The summed E-state index contributed by atoms with van der Waals surface area (Å²) >= 11 is 10.9. The first-order chi connectivity index (χ1) is 14.9. The summed E-state index contributed by atoms with van der Waals surface area (Å²) in [6.07, 6.45) is 0. The van der Waals surface area contributed by atoms with Crippen molar-refractivity contribution in [1.29, 1.82) is 5.26 Å². The van der Waals surface area contributed by atoms with E-state index >= 15 is 0 Å². The van der Waals surface area contributed by atoms with Gasteiger partial charge in [-0.1, -0.05) is 35.9 Å². The minimum absolute atomic E-state index is 0.282. The molecule has 0 saturated carbocycles. The number of carbonyl (C=O) groups is 2. The summed E-state index contributed by atoms with van der Waals surface area (Å²) in [5.41, 5.74) is 1.77. The molecule has 0 aromatic heterocycles. The number of nitrogens with one attached hydrogen (secondary N) is 1. The number of carbonyl (C=O) groups excluding carboxylic acids is 2. The Kier molecular flexibility index (Phi) is 7.65. The average Bonchev–Trinajstić information content (AvgIpc) is 2.77. The largest absolute Gasteiger partial charge is 0.496 e. The number of nitrogens with zero attached hydrogens (tertiary/aromatic N) is 1. The maximum atomic E-state index is 12.9. The predicted molar refractivity (Wildman–Crippen MR) is 122 cm³/mol. The number of methoxy groups -OCH3 is 2. The van der Waals surface area contributed by atoms with Crippen LogP contribution in [-0.4, -0.2) is 26.1 Å². The zero-order valence-electron chi connectivity index (χ0n) is 16.6. The summed E-state index contributed by atoms with van der Waals surface area (Å²) in [4.78, 5) is 25.4. The van der Waals surface area contributed by atoms with E-state index in [1.165, 1.54) is 26.0 Å². The molecular weight excluding hydrogens is 504 g/mol. The molecule has 0 fully saturated rings. The molecule has 0 bridgehead atoms. The molecule has 0 spiro atoms. The fourth-order valence-corrected chi connectivity index (χ4v) is 5.21. The van der Waals surface area contributed by atoms with E-state index in [1.807, 2.05) is 18.2 Å². The predicted octanol–water partition coefficient (Wildman–Crippen LogP) is 4.78. The number of hydrogen-bond donors (Lipinski definition) is 1. The van der Waals surface area contributed by atoms with Crippen LogP contribution in [0.2, 0.25) is 5.02 Å². The van der Waals surface area contributed by atoms with Crippen molar-refractivity contribution in [3.63, 3.8) is 0 Å². The summed E-state index contributed by atoms with van der Waals surface area (Å²) < 4.78 is 10.8.